The van der Waals surface area contributed by atoms with E-state index in [4.69, 9.17) is 10.5 Å². The van der Waals surface area contributed by atoms with Crippen LogP contribution in [0.15, 0.2) is 23.6 Å². The molecule has 0 bridgehead atoms. The fraction of sp³-hybridized carbons (Fsp3) is 0.412. The van der Waals surface area contributed by atoms with Gasteiger partial charge in [-0.3, -0.25) is 4.79 Å². The summed E-state index contributed by atoms with van der Waals surface area (Å²) in [7, 11) is 1.42. The van der Waals surface area contributed by atoms with E-state index in [0.29, 0.717) is 22.8 Å². The van der Waals surface area contributed by atoms with E-state index in [9.17, 15) is 9.18 Å². The smallest absolute Gasteiger partial charge is 0.226 e. The Bertz CT molecular complexity index is 740. The van der Waals surface area contributed by atoms with Crippen LogP contribution in [0.5, 0.6) is 5.75 Å². The molecule has 1 saturated carbocycles. The summed E-state index contributed by atoms with van der Waals surface area (Å²) in [4.78, 5) is 16.5. The van der Waals surface area contributed by atoms with Crippen LogP contribution in [-0.2, 0) is 4.79 Å². The van der Waals surface area contributed by atoms with Crippen LogP contribution in [0.3, 0.4) is 0 Å². The SMILES string of the molecule is COc1ccc(-c2csc(NC(=O)C[C@@H]3CCC[C@H]3N)n2)cc1F.Cl. The number of nitrogens with one attached hydrogen (secondary N) is 1. The number of thiazole rings is 1. The molecule has 0 unspecified atom stereocenters. The minimum Gasteiger partial charge on any atom is -0.494 e. The van der Waals surface area contributed by atoms with Crippen molar-refractivity contribution in [3.05, 3.63) is 29.4 Å². The monoisotopic (exact) mass is 385 g/mol. The van der Waals surface area contributed by atoms with Crippen molar-refractivity contribution < 1.29 is 13.9 Å². The van der Waals surface area contributed by atoms with Crippen LogP contribution in [0.1, 0.15) is 25.7 Å². The molecule has 1 aromatic heterocycles. The molecule has 1 aromatic carbocycles. The van der Waals surface area contributed by atoms with Crippen LogP contribution in [0, 0.1) is 11.7 Å². The Labute approximate surface area is 156 Å². The molecule has 1 aliphatic rings. The van der Waals surface area contributed by atoms with Crippen LogP contribution in [0.4, 0.5) is 9.52 Å². The van der Waals surface area contributed by atoms with Gasteiger partial charge in [0.1, 0.15) is 0 Å². The maximum Gasteiger partial charge on any atom is 0.226 e. The van der Waals surface area contributed by atoms with Crippen molar-refractivity contribution >= 4 is 34.8 Å². The predicted octanol–water partition coefficient (Wildman–Crippen LogP) is 3.84. The Morgan fingerprint density at radius 2 is 2.28 bits per heavy atom. The molecule has 3 rings (SSSR count). The number of ether oxygens (including phenoxy) is 1. The summed E-state index contributed by atoms with van der Waals surface area (Å²) in [5.41, 5.74) is 7.26. The van der Waals surface area contributed by atoms with Crippen LogP contribution in [-0.4, -0.2) is 24.0 Å². The summed E-state index contributed by atoms with van der Waals surface area (Å²) in [5.74, 6) is -0.0708. The molecule has 1 heterocycles. The van der Waals surface area contributed by atoms with Crippen molar-refractivity contribution in [1.82, 2.24) is 4.98 Å². The number of nitrogens with two attached hydrogens (primary N) is 1. The van der Waals surface area contributed by atoms with Gasteiger partial charge in [0, 0.05) is 23.4 Å². The predicted molar refractivity (Wildman–Crippen MR) is 99.9 cm³/mol. The molecule has 2 aromatic rings. The van der Waals surface area contributed by atoms with Crippen molar-refractivity contribution in [2.75, 3.05) is 12.4 Å². The molecule has 0 aliphatic heterocycles. The minimum absolute atomic E-state index is 0. The highest BCUT2D eigenvalue weighted by Gasteiger charge is 2.26. The number of halogens is 2. The van der Waals surface area contributed by atoms with Crippen molar-refractivity contribution in [3.63, 3.8) is 0 Å². The lowest BCUT2D eigenvalue weighted by Gasteiger charge is -2.13. The van der Waals surface area contributed by atoms with Gasteiger partial charge >= 0.3 is 0 Å². The number of hydrogen-bond donors (Lipinski definition) is 2. The molecule has 25 heavy (non-hydrogen) atoms. The summed E-state index contributed by atoms with van der Waals surface area (Å²) in [6.07, 6.45) is 3.50. The van der Waals surface area contributed by atoms with Crippen LogP contribution in [0.25, 0.3) is 11.3 Å². The fourth-order valence-electron chi connectivity index (χ4n) is 3.02. The second kappa shape index (κ2) is 8.60. The van der Waals surface area contributed by atoms with Crippen LogP contribution < -0.4 is 15.8 Å². The third-order valence-electron chi connectivity index (χ3n) is 4.36. The topological polar surface area (TPSA) is 77.2 Å². The molecule has 0 saturated heterocycles. The summed E-state index contributed by atoms with van der Waals surface area (Å²) in [6, 6.07) is 4.78. The van der Waals surface area contributed by atoms with Gasteiger partial charge in [-0.1, -0.05) is 6.42 Å². The molecule has 136 valence electrons. The minimum atomic E-state index is -0.441. The molecule has 5 nitrogen and oxygen atoms in total. The second-order valence-electron chi connectivity index (χ2n) is 5.99. The molecule has 2 atom stereocenters. The maximum absolute atomic E-state index is 13.8. The molecular weight excluding hydrogens is 365 g/mol. The van der Waals surface area contributed by atoms with E-state index >= 15 is 0 Å². The largest absolute Gasteiger partial charge is 0.494 e. The number of aromatic nitrogens is 1. The maximum atomic E-state index is 13.8. The summed E-state index contributed by atoms with van der Waals surface area (Å²) in [5, 5.41) is 5.11. The lowest BCUT2D eigenvalue weighted by atomic mass is 10.00. The van der Waals surface area contributed by atoms with E-state index in [-0.39, 0.29) is 36.0 Å². The average molecular weight is 386 g/mol. The van der Waals surface area contributed by atoms with Crippen molar-refractivity contribution in [1.29, 1.82) is 0 Å². The lowest BCUT2D eigenvalue weighted by molar-refractivity contribution is -0.117. The normalized spacial score (nSPS) is 19.3. The Kier molecular flexibility index (Phi) is 6.75. The summed E-state index contributed by atoms with van der Waals surface area (Å²) >= 11 is 1.32. The van der Waals surface area contributed by atoms with E-state index in [1.54, 1.807) is 17.5 Å². The van der Waals surface area contributed by atoms with Gasteiger partial charge in [0.05, 0.1) is 12.8 Å². The first-order chi connectivity index (χ1) is 11.6. The standard InChI is InChI=1S/C17H20FN3O2S.ClH/c1-23-15-6-5-11(7-12(15)18)14-9-24-17(20-14)21-16(22)8-10-3-2-4-13(10)19;/h5-7,9-10,13H,2-4,8,19H2,1H3,(H,20,21,22);1H/t10-,13+;/m0./s1. The number of anilines is 1. The zero-order valence-corrected chi connectivity index (χ0v) is 15.5. The van der Waals surface area contributed by atoms with Crippen molar-refractivity contribution in [2.24, 2.45) is 11.7 Å². The van der Waals surface area contributed by atoms with Gasteiger partial charge in [0.15, 0.2) is 16.7 Å². The number of carbonyl (C=O) groups is 1. The molecule has 1 fully saturated rings. The van der Waals surface area contributed by atoms with E-state index in [1.165, 1.54) is 24.5 Å². The zero-order valence-electron chi connectivity index (χ0n) is 13.8. The van der Waals surface area contributed by atoms with Gasteiger partial charge in [-0.15, -0.1) is 23.7 Å². The number of hydrogen-bond acceptors (Lipinski definition) is 5. The van der Waals surface area contributed by atoms with Crippen molar-refractivity contribution in [3.8, 4) is 17.0 Å². The highest BCUT2D eigenvalue weighted by Crippen LogP contribution is 2.30. The van der Waals surface area contributed by atoms with Gasteiger partial charge in [-0.2, -0.15) is 0 Å². The highest BCUT2D eigenvalue weighted by molar-refractivity contribution is 7.14. The number of rotatable bonds is 5. The van der Waals surface area contributed by atoms with Gasteiger partial charge in [0.2, 0.25) is 5.91 Å². The first-order valence-electron chi connectivity index (χ1n) is 7.91. The van der Waals surface area contributed by atoms with E-state index in [0.717, 1.165) is 19.3 Å². The van der Waals surface area contributed by atoms with E-state index in [1.807, 2.05) is 0 Å². The van der Waals surface area contributed by atoms with Crippen molar-refractivity contribution in [2.45, 2.75) is 31.7 Å². The highest BCUT2D eigenvalue weighted by atomic mass is 35.5. The number of methoxy groups -OCH3 is 1. The van der Waals surface area contributed by atoms with E-state index < -0.39 is 5.82 Å². The zero-order chi connectivity index (χ0) is 17.1. The Hall–Kier alpha value is -1.70. The van der Waals surface area contributed by atoms with Gasteiger partial charge in [-0.05, 0) is 37.0 Å². The second-order valence-corrected chi connectivity index (χ2v) is 6.85. The number of nitrogens with zero attached hydrogens (tertiary/aromatic N) is 1. The number of benzene rings is 1. The molecule has 8 heteroatoms. The van der Waals surface area contributed by atoms with Gasteiger partial charge in [-0.25, -0.2) is 9.37 Å². The van der Waals surface area contributed by atoms with E-state index in [2.05, 4.69) is 10.3 Å². The Morgan fingerprint density at radius 3 is 2.92 bits per heavy atom. The van der Waals surface area contributed by atoms with Gasteiger partial charge < -0.3 is 15.8 Å². The first-order valence-corrected chi connectivity index (χ1v) is 8.79. The molecule has 0 spiro atoms. The molecule has 0 radical (unpaired) electrons. The Balaban J connectivity index is 0.00000225. The summed E-state index contributed by atoms with van der Waals surface area (Å²) < 4.78 is 18.7. The number of carbonyl (C=O) groups excluding carboxylic acids is 1. The first kappa shape index (κ1) is 19.6. The molecular formula is C17H21ClFN3O2S. The third kappa shape index (κ3) is 4.68. The number of amides is 1. The lowest BCUT2D eigenvalue weighted by Crippen LogP contribution is -2.28. The Morgan fingerprint density at radius 1 is 1.48 bits per heavy atom. The van der Waals surface area contributed by atoms with Crippen LogP contribution in [0.2, 0.25) is 0 Å². The summed E-state index contributed by atoms with van der Waals surface area (Å²) in [6.45, 7) is 0. The third-order valence-corrected chi connectivity index (χ3v) is 5.12. The van der Waals surface area contributed by atoms with Crippen LogP contribution >= 0.6 is 23.7 Å². The quantitative estimate of drug-likeness (QED) is 0.819. The molecule has 1 amide bonds. The van der Waals surface area contributed by atoms with Gasteiger partial charge in [0.25, 0.3) is 0 Å². The fourth-order valence-corrected chi connectivity index (χ4v) is 3.75. The average Bonchev–Trinajstić information content (AvgIpc) is 3.17. The molecule has 1 aliphatic carbocycles. The molecule has 3 N–H and O–H groups in total.